The molecule has 2 aromatic rings. The molecule has 0 bridgehead atoms. The molecule has 2 aromatic heterocycles. The Bertz CT molecular complexity index is 573. The minimum Gasteiger partial charge on any atom is -0.223 e. The lowest BCUT2D eigenvalue weighted by Gasteiger charge is -1.95. The largest absolute Gasteiger partial charge is 0.223 e. The molecule has 0 fully saturated rings. The highest BCUT2D eigenvalue weighted by atomic mass is 35.5. The molecular formula is C9H5Cl3F2N4S. The Morgan fingerprint density at radius 2 is 1.47 bits per heavy atom. The standard InChI is InChI=1S/C5H4ClFN2S.C4HCl2FN2/c1-10-4-3(7)2-8-5(6)9-4;5-3-2(7)1-8-4(6)9-3/h2H,1H3;1H. The van der Waals surface area contributed by atoms with Gasteiger partial charge in [0.25, 0.3) is 0 Å². The smallest absolute Gasteiger partial charge is 0.223 e. The van der Waals surface area contributed by atoms with Crippen molar-refractivity contribution in [3.8, 4) is 0 Å². The van der Waals surface area contributed by atoms with E-state index in [1.54, 1.807) is 6.26 Å². The van der Waals surface area contributed by atoms with Crippen molar-refractivity contribution >= 4 is 46.6 Å². The summed E-state index contributed by atoms with van der Waals surface area (Å²) in [6.07, 6.45) is 3.70. The highest BCUT2D eigenvalue weighted by Crippen LogP contribution is 2.16. The summed E-state index contributed by atoms with van der Waals surface area (Å²) in [5.74, 6) is -1.10. The van der Waals surface area contributed by atoms with Gasteiger partial charge < -0.3 is 0 Å². The van der Waals surface area contributed by atoms with Gasteiger partial charge in [-0.25, -0.2) is 28.7 Å². The van der Waals surface area contributed by atoms with Crippen molar-refractivity contribution in [3.05, 3.63) is 39.7 Å². The first kappa shape index (κ1) is 16.3. The molecule has 0 saturated carbocycles. The zero-order valence-corrected chi connectivity index (χ0v) is 12.3. The molecule has 0 spiro atoms. The van der Waals surface area contributed by atoms with Gasteiger partial charge in [-0.3, -0.25) is 0 Å². The second-order valence-corrected chi connectivity index (χ2v) is 4.60. The zero-order chi connectivity index (χ0) is 14.4. The normalized spacial score (nSPS) is 9.79. The number of rotatable bonds is 1. The van der Waals surface area contributed by atoms with Crippen molar-refractivity contribution in [1.82, 2.24) is 19.9 Å². The fourth-order valence-electron chi connectivity index (χ4n) is 0.801. The van der Waals surface area contributed by atoms with Gasteiger partial charge in [-0.15, -0.1) is 11.8 Å². The van der Waals surface area contributed by atoms with E-state index in [1.807, 2.05) is 0 Å². The van der Waals surface area contributed by atoms with E-state index in [9.17, 15) is 8.78 Å². The summed E-state index contributed by atoms with van der Waals surface area (Å²) in [6.45, 7) is 0. The van der Waals surface area contributed by atoms with E-state index in [2.05, 4.69) is 19.9 Å². The molecule has 0 aliphatic rings. The fraction of sp³-hybridized carbons (Fsp3) is 0.111. The van der Waals surface area contributed by atoms with Gasteiger partial charge in [-0.1, -0.05) is 11.6 Å². The summed E-state index contributed by atoms with van der Waals surface area (Å²) in [6, 6.07) is 0. The summed E-state index contributed by atoms with van der Waals surface area (Å²) in [7, 11) is 0. The van der Waals surface area contributed by atoms with Crippen LogP contribution in [0, 0.1) is 11.6 Å². The fourth-order valence-corrected chi connectivity index (χ4v) is 1.72. The van der Waals surface area contributed by atoms with Crippen LogP contribution < -0.4 is 0 Å². The molecule has 0 N–H and O–H groups in total. The van der Waals surface area contributed by atoms with Gasteiger partial charge >= 0.3 is 0 Å². The van der Waals surface area contributed by atoms with Crippen LogP contribution in [-0.2, 0) is 0 Å². The third kappa shape index (κ3) is 5.40. The Kier molecular flexibility index (Phi) is 6.64. The van der Waals surface area contributed by atoms with E-state index in [1.165, 1.54) is 11.8 Å². The number of hydrogen-bond donors (Lipinski definition) is 0. The molecule has 102 valence electrons. The number of halogens is 5. The number of hydrogen-bond acceptors (Lipinski definition) is 5. The van der Waals surface area contributed by atoms with Crippen molar-refractivity contribution in [2.75, 3.05) is 6.26 Å². The van der Waals surface area contributed by atoms with Gasteiger partial charge in [0.2, 0.25) is 10.6 Å². The molecule has 10 heteroatoms. The molecule has 0 aliphatic heterocycles. The molecule has 0 radical (unpaired) electrons. The Morgan fingerprint density at radius 3 is 1.89 bits per heavy atom. The molecule has 0 unspecified atom stereocenters. The molecule has 2 heterocycles. The van der Waals surface area contributed by atoms with Gasteiger partial charge in [-0.2, -0.15) is 0 Å². The van der Waals surface area contributed by atoms with Crippen LogP contribution in [-0.4, -0.2) is 26.2 Å². The average Bonchev–Trinajstić information content (AvgIpc) is 2.38. The predicted molar refractivity (Wildman–Crippen MR) is 70.8 cm³/mol. The van der Waals surface area contributed by atoms with Gasteiger partial charge in [0.15, 0.2) is 16.8 Å². The van der Waals surface area contributed by atoms with Crippen molar-refractivity contribution in [2.45, 2.75) is 5.03 Å². The molecule has 0 atom stereocenters. The Hall–Kier alpha value is -0.760. The van der Waals surface area contributed by atoms with Gasteiger partial charge in [-0.05, 0) is 29.5 Å². The summed E-state index contributed by atoms with van der Waals surface area (Å²) < 4.78 is 24.7. The molecule has 2 rings (SSSR count). The molecule has 0 aliphatic carbocycles. The highest BCUT2D eigenvalue weighted by Gasteiger charge is 2.02. The monoisotopic (exact) mass is 344 g/mol. The Balaban J connectivity index is 0.000000191. The van der Waals surface area contributed by atoms with E-state index in [-0.39, 0.29) is 20.7 Å². The van der Waals surface area contributed by atoms with Crippen molar-refractivity contribution in [1.29, 1.82) is 0 Å². The van der Waals surface area contributed by atoms with E-state index in [4.69, 9.17) is 34.8 Å². The maximum absolute atomic E-state index is 12.6. The molecular weight excluding hydrogens is 341 g/mol. The predicted octanol–water partition coefficient (Wildman–Crippen LogP) is 3.91. The molecule has 0 amide bonds. The second kappa shape index (κ2) is 7.74. The van der Waals surface area contributed by atoms with E-state index in [0.29, 0.717) is 0 Å². The first-order valence-corrected chi connectivity index (χ1v) is 6.85. The van der Waals surface area contributed by atoms with Crippen LogP contribution >= 0.6 is 46.6 Å². The minimum absolute atomic E-state index is 0.0543. The summed E-state index contributed by atoms with van der Waals surface area (Å²) in [5, 5.41) is 0.0437. The van der Waals surface area contributed by atoms with Crippen LogP contribution in [0.5, 0.6) is 0 Å². The average molecular weight is 346 g/mol. The maximum Gasteiger partial charge on any atom is 0.223 e. The van der Waals surface area contributed by atoms with Crippen LogP contribution in [0.4, 0.5) is 8.78 Å². The van der Waals surface area contributed by atoms with E-state index >= 15 is 0 Å². The lowest BCUT2D eigenvalue weighted by atomic mass is 10.6. The molecule has 19 heavy (non-hydrogen) atoms. The summed E-state index contributed by atoms with van der Waals surface area (Å²) in [5.41, 5.74) is 0. The van der Waals surface area contributed by atoms with Crippen LogP contribution in [0.2, 0.25) is 15.7 Å². The maximum atomic E-state index is 12.6. The van der Waals surface area contributed by atoms with Gasteiger partial charge in [0.05, 0.1) is 12.4 Å². The Labute approximate surface area is 126 Å². The number of thioether (sulfide) groups is 1. The zero-order valence-electron chi connectivity index (χ0n) is 9.24. The first-order valence-electron chi connectivity index (χ1n) is 4.49. The lowest BCUT2D eigenvalue weighted by Crippen LogP contribution is -1.88. The third-order valence-corrected chi connectivity index (χ3v) is 2.85. The van der Waals surface area contributed by atoms with Gasteiger partial charge in [0.1, 0.15) is 5.03 Å². The summed E-state index contributed by atoms with van der Waals surface area (Å²) >= 11 is 17.0. The molecule has 4 nitrogen and oxygen atoms in total. The summed E-state index contributed by atoms with van der Waals surface area (Å²) in [4.78, 5) is 13.7. The minimum atomic E-state index is -0.666. The lowest BCUT2D eigenvalue weighted by molar-refractivity contribution is 0.579. The van der Waals surface area contributed by atoms with Crippen molar-refractivity contribution < 1.29 is 8.78 Å². The number of nitrogens with zero attached hydrogens (tertiary/aromatic N) is 4. The number of aromatic nitrogens is 4. The SMILES string of the molecule is CSc1nc(Cl)ncc1F.Fc1cnc(Cl)nc1Cl. The Morgan fingerprint density at radius 1 is 0.947 bits per heavy atom. The third-order valence-electron chi connectivity index (χ3n) is 1.55. The molecule has 0 saturated heterocycles. The second-order valence-electron chi connectivity index (χ2n) is 2.77. The van der Waals surface area contributed by atoms with Crippen LogP contribution in [0.1, 0.15) is 0 Å². The molecule has 0 aromatic carbocycles. The highest BCUT2D eigenvalue weighted by molar-refractivity contribution is 7.98. The van der Waals surface area contributed by atoms with Crippen LogP contribution in [0.15, 0.2) is 17.4 Å². The first-order chi connectivity index (χ1) is 8.93. The van der Waals surface area contributed by atoms with E-state index < -0.39 is 11.6 Å². The van der Waals surface area contributed by atoms with Crippen LogP contribution in [0.3, 0.4) is 0 Å². The van der Waals surface area contributed by atoms with Crippen LogP contribution in [0.25, 0.3) is 0 Å². The van der Waals surface area contributed by atoms with Crippen molar-refractivity contribution in [2.24, 2.45) is 0 Å². The van der Waals surface area contributed by atoms with Crippen molar-refractivity contribution in [3.63, 3.8) is 0 Å². The van der Waals surface area contributed by atoms with E-state index in [0.717, 1.165) is 12.4 Å². The topological polar surface area (TPSA) is 51.6 Å². The quantitative estimate of drug-likeness (QED) is 0.445. The van der Waals surface area contributed by atoms with Gasteiger partial charge in [0, 0.05) is 0 Å².